The SMILES string of the molecule is O=C(c1cccs1)N1CCN(C(=O)c2ccc(Cl)s2)CC1. The van der Waals surface area contributed by atoms with E-state index >= 15 is 0 Å². The second-order valence-corrected chi connectivity index (χ2v) is 7.33. The Hall–Kier alpha value is -1.37. The smallest absolute Gasteiger partial charge is 0.264 e. The minimum Gasteiger partial charge on any atom is -0.334 e. The van der Waals surface area contributed by atoms with Crippen molar-refractivity contribution in [3.63, 3.8) is 0 Å². The summed E-state index contributed by atoms with van der Waals surface area (Å²) in [6.07, 6.45) is 0. The van der Waals surface area contributed by atoms with Gasteiger partial charge in [-0.05, 0) is 23.6 Å². The van der Waals surface area contributed by atoms with Gasteiger partial charge in [0.2, 0.25) is 0 Å². The average Bonchev–Trinajstić information content (AvgIpc) is 3.17. The highest BCUT2D eigenvalue weighted by Gasteiger charge is 2.26. The Morgan fingerprint density at radius 3 is 2.05 bits per heavy atom. The first-order valence-corrected chi connectivity index (χ1v) is 8.60. The number of carbonyl (C=O) groups excluding carboxylic acids is 2. The van der Waals surface area contributed by atoms with Crippen molar-refractivity contribution >= 4 is 46.1 Å². The zero-order valence-electron chi connectivity index (χ0n) is 11.1. The van der Waals surface area contributed by atoms with Gasteiger partial charge < -0.3 is 9.80 Å². The number of thiophene rings is 2. The highest BCUT2D eigenvalue weighted by Crippen LogP contribution is 2.23. The van der Waals surface area contributed by atoms with Gasteiger partial charge in [0.1, 0.15) is 0 Å². The van der Waals surface area contributed by atoms with Gasteiger partial charge in [-0.3, -0.25) is 9.59 Å². The molecule has 7 heteroatoms. The van der Waals surface area contributed by atoms with Gasteiger partial charge in [-0.1, -0.05) is 17.7 Å². The van der Waals surface area contributed by atoms with Crippen LogP contribution in [0.15, 0.2) is 29.6 Å². The molecule has 2 amide bonds. The van der Waals surface area contributed by atoms with E-state index in [1.165, 1.54) is 22.7 Å². The molecule has 1 aliphatic heterocycles. The van der Waals surface area contributed by atoms with E-state index in [2.05, 4.69) is 0 Å². The summed E-state index contributed by atoms with van der Waals surface area (Å²) in [5, 5.41) is 1.90. The molecule has 1 saturated heterocycles. The van der Waals surface area contributed by atoms with Crippen molar-refractivity contribution in [3.8, 4) is 0 Å². The third-order valence-corrected chi connectivity index (χ3v) is 5.45. The zero-order valence-corrected chi connectivity index (χ0v) is 13.5. The Morgan fingerprint density at radius 1 is 0.952 bits per heavy atom. The summed E-state index contributed by atoms with van der Waals surface area (Å²) >= 11 is 8.60. The maximum absolute atomic E-state index is 12.3. The fourth-order valence-electron chi connectivity index (χ4n) is 2.25. The van der Waals surface area contributed by atoms with Crippen LogP contribution in [0.5, 0.6) is 0 Å². The Balaban J connectivity index is 1.60. The van der Waals surface area contributed by atoms with Gasteiger partial charge in [0.15, 0.2) is 0 Å². The standard InChI is InChI=1S/C14H13ClN2O2S2/c15-12-4-3-11(21-12)14(19)17-7-5-16(6-8-17)13(18)10-2-1-9-20-10/h1-4,9H,5-8H2. The Bertz CT molecular complexity index is 646. The molecular formula is C14H13ClN2O2S2. The van der Waals surface area contributed by atoms with E-state index in [1.807, 2.05) is 17.5 Å². The van der Waals surface area contributed by atoms with Crippen molar-refractivity contribution in [1.29, 1.82) is 0 Å². The molecule has 0 N–H and O–H groups in total. The highest BCUT2D eigenvalue weighted by atomic mass is 35.5. The number of rotatable bonds is 2. The number of carbonyl (C=O) groups is 2. The molecule has 0 unspecified atom stereocenters. The van der Waals surface area contributed by atoms with E-state index in [0.717, 1.165) is 4.88 Å². The van der Waals surface area contributed by atoms with Crippen LogP contribution in [0, 0.1) is 0 Å². The monoisotopic (exact) mass is 340 g/mol. The molecule has 2 aromatic heterocycles. The van der Waals surface area contributed by atoms with Crippen molar-refractivity contribution in [2.75, 3.05) is 26.2 Å². The van der Waals surface area contributed by atoms with E-state index in [9.17, 15) is 9.59 Å². The van der Waals surface area contributed by atoms with Crippen LogP contribution >= 0.6 is 34.3 Å². The predicted octanol–water partition coefficient (Wildman–Crippen LogP) is 3.06. The second-order valence-electron chi connectivity index (χ2n) is 4.67. The van der Waals surface area contributed by atoms with Gasteiger partial charge in [0.05, 0.1) is 14.1 Å². The third kappa shape index (κ3) is 3.12. The molecule has 21 heavy (non-hydrogen) atoms. The van der Waals surface area contributed by atoms with Gasteiger partial charge in [-0.2, -0.15) is 0 Å². The topological polar surface area (TPSA) is 40.6 Å². The lowest BCUT2D eigenvalue weighted by Crippen LogP contribution is -2.50. The van der Waals surface area contributed by atoms with E-state index in [0.29, 0.717) is 35.4 Å². The number of hydrogen-bond donors (Lipinski definition) is 0. The molecule has 1 fully saturated rings. The zero-order chi connectivity index (χ0) is 14.8. The van der Waals surface area contributed by atoms with Crippen molar-refractivity contribution in [1.82, 2.24) is 9.80 Å². The van der Waals surface area contributed by atoms with Crippen LogP contribution in [0.25, 0.3) is 0 Å². The molecular weight excluding hydrogens is 328 g/mol. The summed E-state index contributed by atoms with van der Waals surface area (Å²) in [6.45, 7) is 2.26. The molecule has 0 aromatic carbocycles. The number of halogens is 1. The number of piperazine rings is 1. The van der Waals surface area contributed by atoms with Gasteiger partial charge in [0.25, 0.3) is 11.8 Å². The summed E-state index contributed by atoms with van der Waals surface area (Å²) in [5.74, 6) is 0.0476. The molecule has 2 aromatic rings. The van der Waals surface area contributed by atoms with Crippen molar-refractivity contribution in [3.05, 3.63) is 43.7 Å². The molecule has 0 radical (unpaired) electrons. The van der Waals surface area contributed by atoms with Gasteiger partial charge in [-0.15, -0.1) is 22.7 Å². The molecule has 0 saturated carbocycles. The Labute approximate surface area is 135 Å². The molecule has 0 aliphatic carbocycles. The van der Waals surface area contributed by atoms with Crippen LogP contribution in [0.2, 0.25) is 4.34 Å². The highest BCUT2D eigenvalue weighted by molar-refractivity contribution is 7.18. The first kappa shape index (κ1) is 14.6. The molecule has 1 aliphatic rings. The lowest BCUT2D eigenvalue weighted by Gasteiger charge is -2.34. The minimum absolute atomic E-state index is 0.00452. The third-order valence-electron chi connectivity index (χ3n) is 3.37. The maximum atomic E-state index is 12.3. The largest absolute Gasteiger partial charge is 0.334 e. The van der Waals surface area contributed by atoms with E-state index in [1.54, 1.807) is 21.9 Å². The molecule has 0 atom stereocenters. The van der Waals surface area contributed by atoms with E-state index in [-0.39, 0.29) is 11.8 Å². The number of amides is 2. The second kappa shape index (κ2) is 6.17. The average molecular weight is 341 g/mol. The van der Waals surface area contributed by atoms with Crippen LogP contribution in [-0.2, 0) is 0 Å². The fourth-order valence-corrected chi connectivity index (χ4v) is 3.96. The summed E-state index contributed by atoms with van der Waals surface area (Å²) in [6, 6.07) is 7.19. The summed E-state index contributed by atoms with van der Waals surface area (Å²) < 4.78 is 0.616. The Morgan fingerprint density at radius 2 is 1.57 bits per heavy atom. The maximum Gasteiger partial charge on any atom is 0.264 e. The van der Waals surface area contributed by atoms with Crippen LogP contribution in [0.4, 0.5) is 0 Å². The Kier molecular flexibility index (Phi) is 4.28. The van der Waals surface area contributed by atoms with Crippen LogP contribution in [-0.4, -0.2) is 47.8 Å². The molecule has 3 rings (SSSR count). The van der Waals surface area contributed by atoms with Crippen LogP contribution in [0.1, 0.15) is 19.3 Å². The van der Waals surface area contributed by atoms with Crippen LogP contribution in [0.3, 0.4) is 0 Å². The fraction of sp³-hybridized carbons (Fsp3) is 0.286. The molecule has 110 valence electrons. The van der Waals surface area contributed by atoms with Crippen molar-refractivity contribution in [2.45, 2.75) is 0 Å². The van der Waals surface area contributed by atoms with Gasteiger partial charge in [0, 0.05) is 26.2 Å². The molecule has 0 bridgehead atoms. The van der Waals surface area contributed by atoms with E-state index in [4.69, 9.17) is 11.6 Å². The quantitative estimate of drug-likeness (QED) is 0.843. The van der Waals surface area contributed by atoms with Gasteiger partial charge in [-0.25, -0.2) is 0 Å². The van der Waals surface area contributed by atoms with E-state index < -0.39 is 0 Å². The molecule has 4 nitrogen and oxygen atoms in total. The van der Waals surface area contributed by atoms with Crippen LogP contribution < -0.4 is 0 Å². The molecule has 3 heterocycles. The van der Waals surface area contributed by atoms with Crippen molar-refractivity contribution in [2.24, 2.45) is 0 Å². The molecule has 0 spiro atoms. The van der Waals surface area contributed by atoms with Gasteiger partial charge >= 0.3 is 0 Å². The summed E-state index contributed by atoms with van der Waals surface area (Å²) in [7, 11) is 0. The number of hydrogen-bond acceptors (Lipinski definition) is 4. The summed E-state index contributed by atoms with van der Waals surface area (Å²) in [4.78, 5) is 29.5. The normalized spacial score (nSPS) is 15.3. The lowest BCUT2D eigenvalue weighted by atomic mass is 10.2. The van der Waals surface area contributed by atoms with Crippen molar-refractivity contribution < 1.29 is 9.59 Å². The first-order valence-electron chi connectivity index (χ1n) is 6.52. The first-order chi connectivity index (χ1) is 10.1. The predicted molar refractivity (Wildman–Crippen MR) is 85.5 cm³/mol. The minimum atomic E-state index is -0.00452. The number of nitrogens with zero attached hydrogens (tertiary/aromatic N) is 2. The lowest BCUT2D eigenvalue weighted by molar-refractivity contribution is 0.0541. The summed E-state index contributed by atoms with van der Waals surface area (Å²) in [5.41, 5.74) is 0.